The second-order valence-corrected chi connectivity index (χ2v) is 4.78. The highest BCUT2D eigenvalue weighted by Crippen LogP contribution is 2.47. The molecule has 0 aromatic heterocycles. The number of Topliss-reactive ketones (excluding diaryl/α,β-unsaturated/α-hetero) is 1. The fourth-order valence-corrected chi connectivity index (χ4v) is 2.64. The third kappa shape index (κ3) is 1.39. The minimum atomic E-state index is -0.717. The summed E-state index contributed by atoms with van der Waals surface area (Å²) in [6, 6.07) is 9.87. The van der Waals surface area contributed by atoms with E-state index in [2.05, 4.69) is 0 Å². The van der Waals surface area contributed by atoms with Gasteiger partial charge in [-0.1, -0.05) is 30.3 Å². The zero-order valence-electron chi connectivity index (χ0n) is 9.23. The first-order valence-electron chi connectivity index (χ1n) is 5.53. The van der Waals surface area contributed by atoms with Crippen molar-refractivity contribution >= 4 is 5.78 Å². The van der Waals surface area contributed by atoms with E-state index in [9.17, 15) is 4.79 Å². The SMILES string of the molecule is CC12CC(=O)CC(c3ccccc3)(CO1)O2. The molecule has 2 bridgehead atoms. The fourth-order valence-electron chi connectivity index (χ4n) is 2.64. The van der Waals surface area contributed by atoms with Gasteiger partial charge in [-0.3, -0.25) is 4.79 Å². The largest absolute Gasteiger partial charge is 0.346 e. The second kappa shape index (κ2) is 3.15. The molecule has 2 aliphatic heterocycles. The van der Waals surface area contributed by atoms with E-state index >= 15 is 0 Å². The molecule has 3 rings (SSSR count). The third-order valence-corrected chi connectivity index (χ3v) is 3.32. The van der Waals surface area contributed by atoms with Gasteiger partial charge in [0.25, 0.3) is 0 Å². The molecular formula is C13H14O3. The first-order chi connectivity index (χ1) is 7.62. The maximum Gasteiger partial charge on any atom is 0.173 e. The van der Waals surface area contributed by atoms with Crippen LogP contribution < -0.4 is 0 Å². The summed E-state index contributed by atoms with van der Waals surface area (Å²) in [4.78, 5) is 11.7. The van der Waals surface area contributed by atoms with Crippen LogP contribution in [-0.2, 0) is 19.9 Å². The van der Waals surface area contributed by atoms with Crippen LogP contribution in [0.4, 0.5) is 0 Å². The molecule has 0 aliphatic carbocycles. The van der Waals surface area contributed by atoms with Crippen molar-refractivity contribution in [3.8, 4) is 0 Å². The van der Waals surface area contributed by atoms with Gasteiger partial charge in [0.15, 0.2) is 5.79 Å². The van der Waals surface area contributed by atoms with Crippen molar-refractivity contribution in [1.82, 2.24) is 0 Å². The molecule has 2 aliphatic rings. The van der Waals surface area contributed by atoms with Crippen molar-refractivity contribution in [3.63, 3.8) is 0 Å². The van der Waals surface area contributed by atoms with Gasteiger partial charge < -0.3 is 9.47 Å². The van der Waals surface area contributed by atoms with Crippen LogP contribution in [0.1, 0.15) is 25.3 Å². The van der Waals surface area contributed by atoms with Crippen LogP contribution in [0.15, 0.2) is 30.3 Å². The van der Waals surface area contributed by atoms with Crippen LogP contribution >= 0.6 is 0 Å². The first kappa shape index (κ1) is 10.00. The molecule has 0 saturated carbocycles. The molecule has 2 unspecified atom stereocenters. The standard InChI is InChI=1S/C13H14O3/c1-12-7-11(14)8-13(16-12,9-15-12)10-5-3-2-4-6-10/h2-6H,7-9H2,1H3. The predicted octanol–water partition coefficient (Wildman–Crippen LogP) is 2.01. The quantitative estimate of drug-likeness (QED) is 0.723. The summed E-state index contributed by atoms with van der Waals surface area (Å²) in [6.07, 6.45) is 0.786. The Morgan fingerprint density at radius 2 is 1.94 bits per heavy atom. The van der Waals surface area contributed by atoms with Gasteiger partial charge in [-0.05, 0) is 12.5 Å². The van der Waals surface area contributed by atoms with Crippen molar-refractivity contribution < 1.29 is 14.3 Å². The number of carbonyl (C=O) groups is 1. The average molecular weight is 218 g/mol. The third-order valence-electron chi connectivity index (χ3n) is 3.32. The van der Waals surface area contributed by atoms with Crippen molar-refractivity contribution in [3.05, 3.63) is 35.9 Å². The Morgan fingerprint density at radius 3 is 2.69 bits per heavy atom. The summed E-state index contributed by atoms with van der Waals surface area (Å²) in [7, 11) is 0. The van der Waals surface area contributed by atoms with E-state index in [0.717, 1.165) is 5.56 Å². The second-order valence-electron chi connectivity index (χ2n) is 4.78. The van der Waals surface area contributed by atoms with Crippen LogP contribution in [0.3, 0.4) is 0 Å². The minimum Gasteiger partial charge on any atom is -0.346 e. The Kier molecular flexibility index (Phi) is 1.97. The molecule has 2 heterocycles. The number of rotatable bonds is 1. The van der Waals surface area contributed by atoms with Crippen molar-refractivity contribution in [2.24, 2.45) is 0 Å². The van der Waals surface area contributed by atoms with Gasteiger partial charge in [0.1, 0.15) is 11.4 Å². The summed E-state index contributed by atoms with van der Waals surface area (Å²) in [6.45, 7) is 2.31. The highest BCUT2D eigenvalue weighted by Gasteiger charge is 2.54. The minimum absolute atomic E-state index is 0.218. The molecular weight excluding hydrogens is 204 g/mol. The number of ketones is 1. The summed E-state index contributed by atoms with van der Waals surface area (Å²) in [5.74, 6) is -0.499. The van der Waals surface area contributed by atoms with Gasteiger partial charge in [-0.15, -0.1) is 0 Å². The highest BCUT2D eigenvalue weighted by atomic mass is 16.8. The molecule has 2 fully saturated rings. The molecule has 84 valence electrons. The number of benzene rings is 1. The smallest absolute Gasteiger partial charge is 0.173 e. The Hall–Kier alpha value is -1.19. The number of ether oxygens (including phenoxy) is 2. The van der Waals surface area contributed by atoms with Gasteiger partial charge in [-0.2, -0.15) is 0 Å². The zero-order chi connectivity index (χ0) is 11.2. The lowest BCUT2D eigenvalue weighted by atomic mass is 9.86. The van der Waals surface area contributed by atoms with Crippen LogP contribution in [0.2, 0.25) is 0 Å². The van der Waals surface area contributed by atoms with E-state index in [-0.39, 0.29) is 5.78 Å². The average Bonchev–Trinajstić information content (AvgIpc) is 2.52. The van der Waals surface area contributed by atoms with E-state index in [1.807, 2.05) is 37.3 Å². The van der Waals surface area contributed by atoms with Gasteiger partial charge in [0.2, 0.25) is 0 Å². The van der Waals surface area contributed by atoms with Gasteiger partial charge >= 0.3 is 0 Å². The molecule has 3 heteroatoms. The lowest BCUT2D eigenvalue weighted by molar-refractivity contribution is -0.201. The number of fused-ring (bicyclic) bond motifs is 2. The van der Waals surface area contributed by atoms with Crippen LogP contribution in [-0.4, -0.2) is 18.2 Å². The van der Waals surface area contributed by atoms with E-state index in [1.54, 1.807) is 0 Å². The molecule has 3 nitrogen and oxygen atoms in total. The van der Waals surface area contributed by atoms with E-state index < -0.39 is 11.4 Å². The highest BCUT2D eigenvalue weighted by molar-refractivity contribution is 5.81. The normalized spacial score (nSPS) is 37.7. The van der Waals surface area contributed by atoms with Gasteiger partial charge in [-0.25, -0.2) is 0 Å². The summed E-state index contributed by atoms with van der Waals surface area (Å²) in [5, 5.41) is 0. The van der Waals surface area contributed by atoms with Crippen LogP contribution in [0.25, 0.3) is 0 Å². The molecule has 0 spiro atoms. The maximum absolute atomic E-state index is 11.7. The van der Waals surface area contributed by atoms with Crippen molar-refractivity contribution in [2.45, 2.75) is 31.2 Å². The number of hydrogen-bond acceptors (Lipinski definition) is 3. The number of hydrogen-bond donors (Lipinski definition) is 0. The molecule has 0 radical (unpaired) electrons. The van der Waals surface area contributed by atoms with Crippen molar-refractivity contribution in [2.75, 3.05) is 6.61 Å². The molecule has 2 saturated heterocycles. The Morgan fingerprint density at radius 1 is 1.19 bits per heavy atom. The maximum atomic E-state index is 11.7. The number of carbonyl (C=O) groups excluding carboxylic acids is 1. The van der Waals surface area contributed by atoms with Gasteiger partial charge in [0.05, 0.1) is 13.0 Å². The van der Waals surface area contributed by atoms with Crippen LogP contribution in [0, 0.1) is 0 Å². The lowest BCUT2D eigenvalue weighted by Gasteiger charge is -2.35. The first-order valence-corrected chi connectivity index (χ1v) is 5.53. The van der Waals surface area contributed by atoms with E-state index in [4.69, 9.17) is 9.47 Å². The Balaban J connectivity index is 2.03. The molecule has 1 aromatic rings. The van der Waals surface area contributed by atoms with Crippen molar-refractivity contribution in [1.29, 1.82) is 0 Å². The van der Waals surface area contributed by atoms with Crippen LogP contribution in [0.5, 0.6) is 0 Å². The molecule has 1 aromatic carbocycles. The van der Waals surface area contributed by atoms with E-state index in [0.29, 0.717) is 19.4 Å². The monoisotopic (exact) mass is 218 g/mol. The molecule has 0 N–H and O–H groups in total. The lowest BCUT2D eigenvalue weighted by Crippen LogP contribution is -2.42. The predicted molar refractivity (Wildman–Crippen MR) is 57.8 cm³/mol. The Bertz CT molecular complexity index is 428. The topological polar surface area (TPSA) is 35.5 Å². The zero-order valence-corrected chi connectivity index (χ0v) is 9.23. The Labute approximate surface area is 94.4 Å². The van der Waals surface area contributed by atoms with Gasteiger partial charge in [0, 0.05) is 6.42 Å². The fraction of sp³-hybridized carbons (Fsp3) is 0.462. The summed E-state index contributed by atoms with van der Waals surface area (Å²) in [5.41, 5.74) is 0.484. The van der Waals surface area contributed by atoms with E-state index in [1.165, 1.54) is 0 Å². The molecule has 0 amide bonds. The molecule has 16 heavy (non-hydrogen) atoms. The molecule has 2 atom stereocenters. The summed E-state index contributed by atoms with van der Waals surface area (Å²) >= 11 is 0. The summed E-state index contributed by atoms with van der Waals surface area (Å²) < 4.78 is 11.6.